The van der Waals surface area contributed by atoms with Crippen molar-refractivity contribution < 1.29 is 25.8 Å². The Hall–Kier alpha value is -4.67. The quantitative estimate of drug-likeness (QED) is 0.156. The molecule has 0 saturated heterocycles. The number of hydrogen-bond acceptors (Lipinski definition) is 5. The van der Waals surface area contributed by atoms with Gasteiger partial charge in [-0.1, -0.05) is 84.6 Å². The van der Waals surface area contributed by atoms with Crippen LogP contribution in [0.2, 0.25) is 0 Å². The number of benzene rings is 4. The van der Waals surface area contributed by atoms with Gasteiger partial charge < -0.3 is 19.2 Å². The van der Waals surface area contributed by atoms with Crippen LogP contribution in [0.4, 0.5) is 11.4 Å². The number of amidine groups is 1. The van der Waals surface area contributed by atoms with Crippen LogP contribution in [0.15, 0.2) is 126 Å². The fraction of sp³-hybridized carbons (Fsp3) is 0.108. The topological polar surface area (TPSA) is 45.9 Å². The van der Waals surface area contributed by atoms with Crippen LogP contribution in [0.3, 0.4) is 0 Å². The Kier molecular flexibility index (Phi) is 8.62. The van der Waals surface area contributed by atoms with Crippen molar-refractivity contribution in [1.29, 1.82) is 0 Å². The summed E-state index contributed by atoms with van der Waals surface area (Å²) >= 11 is 0. The molecule has 2 aliphatic rings. The van der Waals surface area contributed by atoms with Crippen LogP contribution >= 0.6 is 0 Å². The number of aromatic nitrogens is 2. The number of anilines is 2. The first-order valence-electron chi connectivity index (χ1n) is 14.4. The Labute approximate surface area is 272 Å². The van der Waals surface area contributed by atoms with Gasteiger partial charge in [0, 0.05) is 51.2 Å². The zero-order valence-electron chi connectivity index (χ0n) is 24.4. The first-order valence-corrected chi connectivity index (χ1v) is 14.4. The molecule has 1 aliphatic carbocycles. The second kappa shape index (κ2) is 12.9. The Morgan fingerprint density at radius 2 is 1.57 bits per heavy atom. The summed E-state index contributed by atoms with van der Waals surface area (Å²) < 4.78 is 8.45. The van der Waals surface area contributed by atoms with Crippen molar-refractivity contribution in [2.24, 2.45) is 12.1 Å². The minimum atomic E-state index is 0. The van der Waals surface area contributed by atoms with Gasteiger partial charge in [0.05, 0.1) is 23.0 Å². The molecule has 0 fully saturated rings. The van der Waals surface area contributed by atoms with Crippen LogP contribution in [0.1, 0.15) is 25.0 Å². The van der Waals surface area contributed by atoms with E-state index in [1.807, 2.05) is 84.2 Å². The summed E-state index contributed by atoms with van der Waals surface area (Å²) in [6.07, 6.45) is 9.55. The van der Waals surface area contributed by atoms with Gasteiger partial charge in [0.25, 0.3) is 0 Å². The number of imidazole rings is 1. The molecule has 7 rings (SSSR count). The van der Waals surface area contributed by atoms with E-state index in [9.17, 15) is 0 Å². The molecular formula is C37H30N5OPt-3. The van der Waals surface area contributed by atoms with E-state index in [4.69, 9.17) is 14.8 Å². The van der Waals surface area contributed by atoms with Crippen LogP contribution in [0.25, 0.3) is 22.6 Å². The third-order valence-corrected chi connectivity index (χ3v) is 7.59. The van der Waals surface area contributed by atoms with E-state index in [-0.39, 0.29) is 27.0 Å². The number of ether oxygens (including phenoxy) is 1. The number of hydrogen-bond donors (Lipinski definition) is 0. The van der Waals surface area contributed by atoms with Crippen LogP contribution < -0.4 is 14.6 Å². The van der Waals surface area contributed by atoms with Crippen LogP contribution in [-0.4, -0.2) is 15.4 Å². The molecule has 0 unspecified atom stereocenters. The molecule has 0 amide bonds. The number of rotatable bonds is 7. The second-order valence-electron chi connectivity index (χ2n) is 10.5. The van der Waals surface area contributed by atoms with E-state index in [0.717, 1.165) is 52.0 Å². The fourth-order valence-electron chi connectivity index (χ4n) is 5.51. The molecular weight excluding hydrogens is 726 g/mol. The van der Waals surface area contributed by atoms with Gasteiger partial charge in [-0.05, 0) is 31.0 Å². The minimum absolute atomic E-state index is 0. The molecule has 0 bridgehead atoms. The van der Waals surface area contributed by atoms with Gasteiger partial charge >= 0.3 is 0 Å². The predicted octanol–water partition coefficient (Wildman–Crippen LogP) is 8.52. The Balaban J connectivity index is 0.00000343. The predicted molar refractivity (Wildman–Crippen MR) is 173 cm³/mol. The Morgan fingerprint density at radius 3 is 2.32 bits per heavy atom. The Bertz CT molecular complexity index is 1840. The molecule has 2 heterocycles. The number of hydrazone groups is 1. The van der Waals surface area contributed by atoms with E-state index in [1.54, 1.807) is 0 Å². The molecule has 0 N–H and O–H groups in total. The summed E-state index contributed by atoms with van der Waals surface area (Å²) in [6.45, 7) is 3.94. The zero-order chi connectivity index (χ0) is 29.2. The van der Waals surface area contributed by atoms with E-state index < -0.39 is 0 Å². The number of allylic oxidation sites excluding steroid dienone is 4. The average molecular weight is 756 g/mol. The van der Waals surface area contributed by atoms with Crippen LogP contribution in [-0.2, 0) is 28.1 Å². The number of nitrogens with zero attached hydrogens (tertiary/aromatic N) is 5. The van der Waals surface area contributed by atoms with E-state index in [1.165, 1.54) is 0 Å². The normalized spacial score (nSPS) is 15.7. The summed E-state index contributed by atoms with van der Waals surface area (Å²) in [5.41, 5.74) is 6.01. The zero-order valence-corrected chi connectivity index (χ0v) is 26.6. The molecule has 1 atom stereocenters. The fourth-order valence-corrected chi connectivity index (χ4v) is 5.51. The van der Waals surface area contributed by atoms with Gasteiger partial charge in [0.1, 0.15) is 0 Å². The van der Waals surface area contributed by atoms with Crippen molar-refractivity contribution in [3.8, 4) is 34.1 Å². The first kappa shape index (κ1) is 29.4. The molecule has 4 aromatic carbocycles. The summed E-state index contributed by atoms with van der Waals surface area (Å²) in [5, 5.41) is 6.52. The molecule has 1 aromatic heterocycles. The van der Waals surface area contributed by atoms with E-state index >= 15 is 0 Å². The maximum Gasteiger partial charge on any atom is 0.0952 e. The van der Waals surface area contributed by atoms with Crippen LogP contribution in [0, 0.1) is 18.8 Å². The molecule has 7 heteroatoms. The van der Waals surface area contributed by atoms with Crippen molar-refractivity contribution >= 4 is 17.2 Å². The molecule has 0 saturated carbocycles. The molecule has 44 heavy (non-hydrogen) atoms. The van der Waals surface area contributed by atoms with E-state index in [2.05, 4.69) is 84.4 Å². The van der Waals surface area contributed by atoms with Crippen molar-refractivity contribution in [2.45, 2.75) is 19.3 Å². The average Bonchev–Trinajstić information content (AvgIpc) is 3.62. The Morgan fingerprint density at radius 1 is 0.841 bits per heavy atom. The molecule has 0 spiro atoms. The molecule has 0 radical (unpaired) electrons. The maximum atomic E-state index is 6.29. The first-order chi connectivity index (χ1) is 21.1. The van der Waals surface area contributed by atoms with E-state index in [0.29, 0.717) is 11.5 Å². The minimum Gasteiger partial charge on any atom is -0.503 e. The third-order valence-electron chi connectivity index (χ3n) is 7.59. The van der Waals surface area contributed by atoms with Crippen molar-refractivity contribution in [2.75, 3.05) is 9.91 Å². The van der Waals surface area contributed by atoms with Crippen molar-refractivity contribution in [1.82, 2.24) is 9.55 Å². The van der Waals surface area contributed by atoms with Gasteiger partial charge in [-0.15, -0.1) is 48.6 Å². The van der Waals surface area contributed by atoms with Gasteiger partial charge in [0.15, 0.2) is 0 Å². The monoisotopic (exact) mass is 755 g/mol. The summed E-state index contributed by atoms with van der Waals surface area (Å²) in [7, 11) is 2.07. The van der Waals surface area contributed by atoms with Gasteiger partial charge in [-0.3, -0.25) is 4.98 Å². The molecule has 5 aromatic rings. The van der Waals surface area contributed by atoms with Crippen molar-refractivity contribution in [3.63, 3.8) is 0 Å². The van der Waals surface area contributed by atoms with Crippen LogP contribution in [0.5, 0.6) is 11.5 Å². The van der Waals surface area contributed by atoms with Gasteiger partial charge in [-0.2, -0.15) is 11.2 Å². The largest absolute Gasteiger partial charge is 0.503 e. The summed E-state index contributed by atoms with van der Waals surface area (Å²) in [5.74, 6) is 3.10. The van der Waals surface area contributed by atoms with Crippen molar-refractivity contribution in [3.05, 3.63) is 146 Å². The number of para-hydroxylation sites is 1. The second-order valence-corrected chi connectivity index (χ2v) is 10.5. The maximum absolute atomic E-state index is 6.29. The SMILES string of the molecule is CC1=NN(c2[c-]c(Oc3[c-]c(-c4nc([C@@H]5C=CC=CC5)c(-c5ccccc5)n4C)ccc3)ccc2)[CH-]N1c1ccccc1.[Pt]. The molecule has 222 valence electrons. The summed E-state index contributed by atoms with van der Waals surface area (Å²) in [4.78, 5) is 7.23. The van der Waals surface area contributed by atoms with Gasteiger partial charge in [0.2, 0.25) is 0 Å². The third kappa shape index (κ3) is 5.91. The molecule has 1 aliphatic heterocycles. The smallest absolute Gasteiger partial charge is 0.0952 e. The summed E-state index contributed by atoms with van der Waals surface area (Å²) in [6, 6.07) is 39.1. The van der Waals surface area contributed by atoms with Gasteiger partial charge in [-0.25, -0.2) is 0 Å². The molecule has 6 nitrogen and oxygen atoms in total. The standard InChI is InChI=1S/C37H30N5O.Pt/c1-27-39-42(26-41(27)31-19-10-5-11-20-31)32-21-13-23-34(25-32)43-33-22-12-18-30(24-33)37-38-35(28-14-6-3-7-15-28)36(40(37)2)29-16-8-4-9-17-29;/h3-14,16-23,26,28H,15H2,1-2H3;/q-3;/t28-;/m1./s1.